The highest BCUT2D eigenvalue weighted by atomic mass is 35.5. The quantitative estimate of drug-likeness (QED) is 0.461. The predicted octanol–water partition coefficient (Wildman–Crippen LogP) is 2.82. The highest BCUT2D eigenvalue weighted by Gasteiger charge is 1.94. The van der Waals surface area contributed by atoms with Crippen LogP contribution in [0, 0.1) is 0 Å². The molecule has 0 bridgehead atoms. The van der Waals surface area contributed by atoms with Gasteiger partial charge in [-0.25, -0.2) is 0 Å². The van der Waals surface area contributed by atoms with Gasteiger partial charge in [0.2, 0.25) is 0 Å². The molecule has 1 fully saturated rings. The second-order valence-corrected chi connectivity index (χ2v) is 2.74. The van der Waals surface area contributed by atoms with Crippen molar-refractivity contribution >= 4 is 11.6 Å². The van der Waals surface area contributed by atoms with Crippen LogP contribution in [0.1, 0.15) is 32.6 Å². The smallest absolute Gasteiger partial charge is 0.0488 e. The van der Waals surface area contributed by atoms with E-state index in [0.29, 0.717) is 0 Å². The van der Waals surface area contributed by atoms with Gasteiger partial charge in [-0.1, -0.05) is 19.8 Å². The van der Waals surface area contributed by atoms with Crippen LogP contribution in [0.15, 0.2) is 0 Å². The summed E-state index contributed by atoms with van der Waals surface area (Å²) in [4.78, 5) is 0. The Labute approximate surface area is 68.7 Å². The fraction of sp³-hybridized carbons (Fsp3) is 1.00. The van der Waals surface area contributed by atoms with Crippen LogP contribution in [0.25, 0.3) is 0 Å². The third kappa shape index (κ3) is 8.25. The molecule has 1 rings (SSSR count). The van der Waals surface area contributed by atoms with Crippen molar-refractivity contribution in [1.82, 2.24) is 0 Å². The van der Waals surface area contributed by atoms with Gasteiger partial charge in [0.15, 0.2) is 0 Å². The van der Waals surface area contributed by atoms with E-state index in [1.807, 2.05) is 0 Å². The van der Waals surface area contributed by atoms with Gasteiger partial charge < -0.3 is 4.74 Å². The highest BCUT2D eigenvalue weighted by molar-refractivity contribution is 6.17. The maximum Gasteiger partial charge on any atom is 0.0488 e. The van der Waals surface area contributed by atoms with Gasteiger partial charge in [0, 0.05) is 19.1 Å². The largest absolute Gasteiger partial charge is 0.381 e. The van der Waals surface area contributed by atoms with Crippen molar-refractivity contribution in [2.45, 2.75) is 32.6 Å². The van der Waals surface area contributed by atoms with E-state index in [2.05, 4.69) is 6.92 Å². The molecule has 0 aromatic carbocycles. The summed E-state index contributed by atoms with van der Waals surface area (Å²) in [7, 11) is 0. The Morgan fingerprint density at radius 1 is 1.30 bits per heavy atom. The van der Waals surface area contributed by atoms with E-state index in [1.165, 1.54) is 25.7 Å². The molecular formula is C8H17ClO. The van der Waals surface area contributed by atoms with Gasteiger partial charge in [-0.3, -0.25) is 0 Å². The van der Waals surface area contributed by atoms with Crippen LogP contribution in [0.3, 0.4) is 0 Å². The van der Waals surface area contributed by atoms with Crippen LogP contribution < -0.4 is 0 Å². The zero-order valence-electron chi connectivity index (χ0n) is 6.74. The lowest BCUT2D eigenvalue weighted by atomic mass is 10.3. The Morgan fingerprint density at radius 2 is 1.80 bits per heavy atom. The average Bonchev–Trinajstić information content (AvgIpc) is 1.79. The summed E-state index contributed by atoms with van der Waals surface area (Å²) >= 11 is 5.38. The summed E-state index contributed by atoms with van der Waals surface area (Å²) in [5.74, 6) is 0.827. The molecule has 1 nitrogen and oxygen atoms in total. The van der Waals surface area contributed by atoms with Gasteiger partial charge in [-0.15, -0.1) is 11.6 Å². The van der Waals surface area contributed by atoms with Gasteiger partial charge in [-0.05, 0) is 12.8 Å². The van der Waals surface area contributed by atoms with Crippen molar-refractivity contribution < 1.29 is 4.74 Å². The van der Waals surface area contributed by atoms with Crippen molar-refractivity contribution in [2.24, 2.45) is 0 Å². The Balaban J connectivity index is 0.000000172. The number of ether oxygens (including phenoxy) is 1. The fourth-order valence-electron chi connectivity index (χ4n) is 0.489. The van der Waals surface area contributed by atoms with Crippen molar-refractivity contribution in [3.8, 4) is 0 Å². The molecule has 0 radical (unpaired) electrons. The lowest BCUT2D eigenvalue weighted by Crippen LogP contribution is -2.09. The van der Waals surface area contributed by atoms with E-state index >= 15 is 0 Å². The summed E-state index contributed by atoms with van der Waals surface area (Å²) in [6.07, 6.45) is 5.01. The van der Waals surface area contributed by atoms with Gasteiger partial charge in [-0.2, -0.15) is 0 Å². The van der Waals surface area contributed by atoms with Gasteiger partial charge in [0.05, 0.1) is 0 Å². The lowest BCUT2D eigenvalue weighted by molar-refractivity contribution is 0.0367. The molecule has 0 aromatic rings. The molecule has 1 heterocycles. The van der Waals surface area contributed by atoms with E-state index in [0.717, 1.165) is 19.1 Å². The SMILES string of the molecule is C1COC1.CCCCCCl. The molecule has 0 saturated carbocycles. The Hall–Kier alpha value is 0.250. The summed E-state index contributed by atoms with van der Waals surface area (Å²) in [6, 6.07) is 0. The first-order chi connectivity index (χ1) is 4.91. The second-order valence-electron chi connectivity index (χ2n) is 2.36. The predicted molar refractivity (Wildman–Crippen MR) is 45.7 cm³/mol. The van der Waals surface area contributed by atoms with Gasteiger partial charge >= 0.3 is 0 Å². The molecule has 0 aromatic heterocycles. The number of alkyl halides is 1. The molecule has 1 saturated heterocycles. The van der Waals surface area contributed by atoms with Crippen LogP contribution in [-0.4, -0.2) is 19.1 Å². The molecule has 0 N–H and O–H groups in total. The number of halogens is 1. The summed E-state index contributed by atoms with van der Waals surface area (Å²) in [5, 5.41) is 0. The number of hydrogen-bond donors (Lipinski definition) is 0. The summed E-state index contributed by atoms with van der Waals surface area (Å²) in [5.41, 5.74) is 0. The summed E-state index contributed by atoms with van der Waals surface area (Å²) < 4.78 is 4.72. The topological polar surface area (TPSA) is 9.23 Å². The Morgan fingerprint density at radius 3 is 1.90 bits per heavy atom. The first kappa shape index (κ1) is 10.2. The van der Waals surface area contributed by atoms with E-state index in [9.17, 15) is 0 Å². The monoisotopic (exact) mass is 164 g/mol. The minimum atomic E-state index is 0.827. The normalized spacial score (nSPS) is 15.0. The van der Waals surface area contributed by atoms with Crippen LogP contribution in [0.2, 0.25) is 0 Å². The molecule has 0 unspecified atom stereocenters. The van der Waals surface area contributed by atoms with Gasteiger partial charge in [0.25, 0.3) is 0 Å². The summed E-state index contributed by atoms with van der Waals surface area (Å²) in [6.45, 7) is 4.17. The molecule has 0 atom stereocenters. The van der Waals surface area contributed by atoms with E-state index in [1.54, 1.807) is 0 Å². The zero-order chi connectivity index (χ0) is 7.66. The van der Waals surface area contributed by atoms with E-state index in [4.69, 9.17) is 16.3 Å². The van der Waals surface area contributed by atoms with Crippen LogP contribution in [0.4, 0.5) is 0 Å². The fourth-order valence-corrected chi connectivity index (χ4v) is 0.678. The first-order valence-electron chi connectivity index (χ1n) is 4.05. The van der Waals surface area contributed by atoms with E-state index < -0.39 is 0 Å². The standard InChI is InChI=1S/C5H11Cl.C3H6O/c1-2-3-4-5-6;1-2-4-3-1/h2-5H2,1H3;1-3H2. The number of hydrogen-bond acceptors (Lipinski definition) is 1. The van der Waals surface area contributed by atoms with Crippen molar-refractivity contribution in [3.63, 3.8) is 0 Å². The average molecular weight is 165 g/mol. The Kier molecular flexibility index (Phi) is 9.48. The molecule has 0 amide bonds. The zero-order valence-corrected chi connectivity index (χ0v) is 7.49. The maximum absolute atomic E-state index is 5.38. The molecule has 62 valence electrons. The minimum Gasteiger partial charge on any atom is -0.381 e. The second kappa shape index (κ2) is 9.25. The van der Waals surface area contributed by atoms with Crippen LogP contribution in [0.5, 0.6) is 0 Å². The van der Waals surface area contributed by atoms with Crippen LogP contribution in [-0.2, 0) is 4.74 Å². The lowest BCUT2D eigenvalue weighted by Gasteiger charge is -2.09. The minimum absolute atomic E-state index is 0.827. The molecule has 0 aliphatic carbocycles. The highest BCUT2D eigenvalue weighted by Crippen LogP contribution is 1.93. The Bertz CT molecular complexity index is 45.2. The maximum atomic E-state index is 5.38. The third-order valence-electron chi connectivity index (χ3n) is 1.31. The number of unbranched alkanes of at least 4 members (excludes halogenated alkanes) is 2. The van der Waals surface area contributed by atoms with Crippen LogP contribution >= 0.6 is 11.6 Å². The molecule has 2 heteroatoms. The third-order valence-corrected chi connectivity index (χ3v) is 1.58. The van der Waals surface area contributed by atoms with Crippen molar-refractivity contribution in [3.05, 3.63) is 0 Å². The number of rotatable bonds is 3. The first-order valence-corrected chi connectivity index (χ1v) is 4.59. The van der Waals surface area contributed by atoms with Gasteiger partial charge in [0.1, 0.15) is 0 Å². The van der Waals surface area contributed by atoms with Crippen molar-refractivity contribution in [2.75, 3.05) is 19.1 Å². The molecule has 0 spiro atoms. The van der Waals surface area contributed by atoms with Crippen molar-refractivity contribution in [1.29, 1.82) is 0 Å². The molecule has 1 aliphatic heterocycles. The molecule has 1 aliphatic rings. The molecular weight excluding hydrogens is 148 g/mol. The molecule has 10 heavy (non-hydrogen) atoms. The van der Waals surface area contributed by atoms with E-state index in [-0.39, 0.29) is 0 Å².